The zero-order valence-electron chi connectivity index (χ0n) is 9.51. The molecule has 0 unspecified atom stereocenters. The lowest BCUT2D eigenvalue weighted by Crippen LogP contribution is -2.04. The van der Waals surface area contributed by atoms with E-state index in [0.717, 1.165) is 17.1 Å². The SMILES string of the molecule is Cc1nccnc1NCc1cccc(C#N)c1. The van der Waals surface area contributed by atoms with Crippen LogP contribution in [0.5, 0.6) is 0 Å². The van der Waals surface area contributed by atoms with E-state index in [1.54, 1.807) is 18.5 Å². The first-order valence-corrected chi connectivity index (χ1v) is 5.30. The molecule has 0 saturated carbocycles. The van der Waals surface area contributed by atoms with Crippen LogP contribution in [0.3, 0.4) is 0 Å². The van der Waals surface area contributed by atoms with Crippen LogP contribution in [0, 0.1) is 18.3 Å². The van der Waals surface area contributed by atoms with Gasteiger partial charge in [0.2, 0.25) is 0 Å². The number of hydrogen-bond acceptors (Lipinski definition) is 4. The van der Waals surface area contributed by atoms with Gasteiger partial charge in [0.25, 0.3) is 0 Å². The van der Waals surface area contributed by atoms with Gasteiger partial charge in [-0.05, 0) is 24.6 Å². The largest absolute Gasteiger partial charge is 0.364 e. The molecular weight excluding hydrogens is 212 g/mol. The summed E-state index contributed by atoms with van der Waals surface area (Å²) in [4.78, 5) is 8.35. The van der Waals surface area contributed by atoms with Gasteiger partial charge < -0.3 is 5.32 Å². The van der Waals surface area contributed by atoms with Gasteiger partial charge in [0.15, 0.2) is 0 Å². The molecule has 17 heavy (non-hydrogen) atoms. The Balaban J connectivity index is 2.08. The Morgan fingerprint density at radius 2 is 2.12 bits per heavy atom. The highest BCUT2D eigenvalue weighted by atomic mass is 15.0. The molecule has 0 spiro atoms. The molecule has 0 fully saturated rings. The number of aromatic nitrogens is 2. The van der Waals surface area contributed by atoms with E-state index < -0.39 is 0 Å². The van der Waals surface area contributed by atoms with Gasteiger partial charge >= 0.3 is 0 Å². The highest BCUT2D eigenvalue weighted by Gasteiger charge is 2.00. The third-order valence-electron chi connectivity index (χ3n) is 2.40. The van der Waals surface area contributed by atoms with Crippen LogP contribution in [0.1, 0.15) is 16.8 Å². The minimum Gasteiger partial charge on any atom is -0.364 e. The predicted octanol–water partition coefficient (Wildman–Crippen LogP) is 2.27. The molecule has 84 valence electrons. The maximum atomic E-state index is 8.80. The summed E-state index contributed by atoms with van der Waals surface area (Å²) in [5.41, 5.74) is 2.58. The fraction of sp³-hybridized carbons (Fsp3) is 0.154. The number of hydrogen-bond donors (Lipinski definition) is 1. The number of benzene rings is 1. The molecule has 0 radical (unpaired) electrons. The number of nitrogens with zero attached hydrogens (tertiary/aromatic N) is 3. The van der Waals surface area contributed by atoms with E-state index in [9.17, 15) is 0 Å². The van der Waals surface area contributed by atoms with Crippen LogP contribution in [0.4, 0.5) is 5.82 Å². The maximum absolute atomic E-state index is 8.80. The van der Waals surface area contributed by atoms with Crippen molar-refractivity contribution < 1.29 is 0 Å². The summed E-state index contributed by atoms with van der Waals surface area (Å²) in [6, 6.07) is 9.62. The van der Waals surface area contributed by atoms with Gasteiger partial charge in [0.1, 0.15) is 5.82 Å². The Hall–Kier alpha value is -2.41. The smallest absolute Gasteiger partial charge is 0.147 e. The van der Waals surface area contributed by atoms with Crippen LogP contribution in [-0.4, -0.2) is 9.97 Å². The Kier molecular flexibility index (Phi) is 3.31. The van der Waals surface area contributed by atoms with E-state index in [0.29, 0.717) is 12.1 Å². The lowest BCUT2D eigenvalue weighted by atomic mass is 10.1. The van der Waals surface area contributed by atoms with Gasteiger partial charge in [-0.25, -0.2) is 4.98 Å². The normalized spacial score (nSPS) is 9.65. The van der Waals surface area contributed by atoms with Crippen molar-refractivity contribution in [1.29, 1.82) is 5.26 Å². The molecule has 0 bridgehead atoms. The maximum Gasteiger partial charge on any atom is 0.147 e. The Morgan fingerprint density at radius 1 is 1.29 bits per heavy atom. The molecule has 0 saturated heterocycles. The van der Waals surface area contributed by atoms with Crippen molar-refractivity contribution in [1.82, 2.24) is 9.97 Å². The van der Waals surface area contributed by atoms with Crippen molar-refractivity contribution in [2.24, 2.45) is 0 Å². The van der Waals surface area contributed by atoms with Crippen LogP contribution < -0.4 is 5.32 Å². The average Bonchev–Trinajstić information content (AvgIpc) is 2.38. The summed E-state index contributed by atoms with van der Waals surface area (Å²) in [6.07, 6.45) is 3.32. The van der Waals surface area contributed by atoms with Gasteiger partial charge in [0, 0.05) is 18.9 Å². The summed E-state index contributed by atoms with van der Waals surface area (Å²) < 4.78 is 0. The van der Waals surface area contributed by atoms with Gasteiger partial charge in [-0.15, -0.1) is 0 Å². The number of nitriles is 1. The van der Waals surface area contributed by atoms with E-state index in [2.05, 4.69) is 21.4 Å². The zero-order chi connectivity index (χ0) is 12.1. The molecule has 4 heteroatoms. The highest BCUT2D eigenvalue weighted by molar-refractivity contribution is 5.40. The van der Waals surface area contributed by atoms with E-state index in [1.165, 1.54) is 0 Å². The molecule has 0 aliphatic heterocycles. The first-order chi connectivity index (χ1) is 8.29. The van der Waals surface area contributed by atoms with Crippen molar-refractivity contribution in [3.05, 3.63) is 53.5 Å². The zero-order valence-corrected chi connectivity index (χ0v) is 9.51. The fourth-order valence-corrected chi connectivity index (χ4v) is 1.52. The predicted molar refractivity (Wildman–Crippen MR) is 65.3 cm³/mol. The van der Waals surface area contributed by atoms with Gasteiger partial charge in [-0.2, -0.15) is 5.26 Å². The first-order valence-electron chi connectivity index (χ1n) is 5.30. The van der Waals surface area contributed by atoms with Crippen molar-refractivity contribution in [2.75, 3.05) is 5.32 Å². The number of aryl methyl sites for hydroxylation is 1. The molecule has 0 aliphatic rings. The topological polar surface area (TPSA) is 61.6 Å². The second-order valence-electron chi connectivity index (χ2n) is 3.66. The van der Waals surface area contributed by atoms with Gasteiger partial charge in [0.05, 0.1) is 17.3 Å². The van der Waals surface area contributed by atoms with Gasteiger partial charge in [-0.1, -0.05) is 12.1 Å². The van der Waals surface area contributed by atoms with Crippen LogP contribution in [0.25, 0.3) is 0 Å². The third-order valence-corrected chi connectivity index (χ3v) is 2.40. The minimum absolute atomic E-state index is 0.634. The standard InChI is InChI=1S/C13H12N4/c1-10-13(16-6-5-15-10)17-9-12-4-2-3-11(7-12)8-14/h2-7H,9H2,1H3,(H,16,17). The molecule has 1 heterocycles. The van der Waals surface area contributed by atoms with Crippen LogP contribution in [-0.2, 0) is 6.54 Å². The van der Waals surface area contributed by atoms with Crippen molar-refractivity contribution >= 4 is 5.82 Å². The summed E-state index contributed by atoms with van der Waals surface area (Å²) in [6.45, 7) is 2.54. The minimum atomic E-state index is 0.634. The second kappa shape index (κ2) is 5.08. The molecule has 1 aromatic heterocycles. The highest BCUT2D eigenvalue weighted by Crippen LogP contribution is 2.10. The van der Waals surface area contributed by atoms with Crippen LogP contribution in [0.2, 0.25) is 0 Å². The Labute approximate surface area is 100.0 Å². The number of nitrogens with one attached hydrogen (secondary N) is 1. The number of rotatable bonds is 3. The van der Waals surface area contributed by atoms with Crippen LogP contribution in [0.15, 0.2) is 36.7 Å². The number of anilines is 1. The monoisotopic (exact) mass is 224 g/mol. The lowest BCUT2D eigenvalue weighted by molar-refractivity contribution is 1.05. The lowest BCUT2D eigenvalue weighted by Gasteiger charge is -2.07. The first kappa shape index (κ1) is 11.1. The van der Waals surface area contributed by atoms with Gasteiger partial charge in [-0.3, -0.25) is 4.98 Å². The molecule has 1 aromatic carbocycles. The molecule has 0 aliphatic carbocycles. The van der Waals surface area contributed by atoms with Crippen molar-refractivity contribution in [2.45, 2.75) is 13.5 Å². The average molecular weight is 224 g/mol. The summed E-state index contributed by atoms with van der Waals surface area (Å²) in [5.74, 6) is 0.773. The molecule has 1 N–H and O–H groups in total. The Bertz CT molecular complexity index is 557. The van der Waals surface area contributed by atoms with Crippen molar-refractivity contribution in [3.63, 3.8) is 0 Å². The van der Waals surface area contributed by atoms with Crippen molar-refractivity contribution in [3.8, 4) is 6.07 Å². The van der Waals surface area contributed by atoms with E-state index in [1.807, 2.05) is 25.1 Å². The van der Waals surface area contributed by atoms with E-state index in [-0.39, 0.29) is 0 Å². The Morgan fingerprint density at radius 3 is 2.88 bits per heavy atom. The quantitative estimate of drug-likeness (QED) is 0.868. The molecule has 2 rings (SSSR count). The molecule has 2 aromatic rings. The molecule has 0 atom stereocenters. The fourth-order valence-electron chi connectivity index (χ4n) is 1.52. The molecule has 0 amide bonds. The van der Waals surface area contributed by atoms with Crippen LogP contribution >= 0.6 is 0 Å². The summed E-state index contributed by atoms with van der Waals surface area (Å²) in [5, 5.41) is 12.0. The second-order valence-corrected chi connectivity index (χ2v) is 3.66. The van der Waals surface area contributed by atoms with E-state index >= 15 is 0 Å². The summed E-state index contributed by atoms with van der Waals surface area (Å²) >= 11 is 0. The summed E-state index contributed by atoms with van der Waals surface area (Å²) in [7, 11) is 0. The molecular formula is C13H12N4. The molecule has 4 nitrogen and oxygen atoms in total. The van der Waals surface area contributed by atoms with E-state index in [4.69, 9.17) is 5.26 Å². The third kappa shape index (κ3) is 2.79.